The average molecular weight is 425 g/mol. The zero-order valence-corrected chi connectivity index (χ0v) is 17.5. The van der Waals surface area contributed by atoms with Gasteiger partial charge in [-0.25, -0.2) is 8.42 Å². The number of aliphatic hydroxyl groups excluding tert-OH is 1. The molecular weight excluding hydrogens is 400 g/mol. The predicted molar refractivity (Wildman–Crippen MR) is 114 cm³/mol. The molecule has 0 aromatic heterocycles. The molecule has 0 spiro atoms. The standard InChI is InChI=1S/C23H24N2O4S/c1-30(28,29)24-14-20-23(21(16-26)25(20)22(27)15-24)19-12-10-18(11-13-19)9-5-8-17-6-3-2-4-7-17/h2-4,6-7,10-13,20-21,23,26H,8,14-16H2,1H3/t20-,21+,23-/m1/s1. The molecule has 0 radical (unpaired) electrons. The van der Waals surface area contributed by atoms with E-state index < -0.39 is 10.0 Å². The highest BCUT2D eigenvalue weighted by atomic mass is 32.2. The Bertz CT molecular complexity index is 1090. The van der Waals surface area contributed by atoms with Gasteiger partial charge in [0.1, 0.15) is 0 Å². The molecule has 2 aliphatic rings. The van der Waals surface area contributed by atoms with Gasteiger partial charge in [-0.3, -0.25) is 4.79 Å². The summed E-state index contributed by atoms with van der Waals surface area (Å²) >= 11 is 0. The summed E-state index contributed by atoms with van der Waals surface area (Å²) in [6.07, 6.45) is 1.80. The number of fused-ring (bicyclic) bond motifs is 1. The third-order valence-electron chi connectivity index (χ3n) is 5.85. The number of hydrogen-bond acceptors (Lipinski definition) is 4. The van der Waals surface area contributed by atoms with Crippen LogP contribution in [0.25, 0.3) is 0 Å². The smallest absolute Gasteiger partial charge is 0.238 e. The lowest BCUT2D eigenvalue weighted by Crippen LogP contribution is -2.73. The van der Waals surface area contributed by atoms with E-state index in [1.807, 2.05) is 54.6 Å². The number of carbonyl (C=O) groups is 1. The Hall–Kier alpha value is -2.66. The van der Waals surface area contributed by atoms with Crippen molar-refractivity contribution in [3.8, 4) is 11.8 Å². The van der Waals surface area contributed by atoms with E-state index in [9.17, 15) is 18.3 Å². The highest BCUT2D eigenvalue weighted by Crippen LogP contribution is 2.43. The summed E-state index contributed by atoms with van der Waals surface area (Å²) in [6, 6.07) is 17.3. The fourth-order valence-electron chi connectivity index (χ4n) is 4.36. The van der Waals surface area contributed by atoms with Crippen LogP contribution in [0.3, 0.4) is 0 Å². The molecule has 2 saturated heterocycles. The minimum absolute atomic E-state index is 0.102. The number of piperazine rings is 1. The minimum Gasteiger partial charge on any atom is -0.394 e. The van der Waals surface area contributed by atoms with E-state index in [1.165, 1.54) is 9.87 Å². The van der Waals surface area contributed by atoms with Crippen LogP contribution in [0, 0.1) is 11.8 Å². The second-order valence-electron chi connectivity index (χ2n) is 7.79. The minimum atomic E-state index is -3.45. The molecule has 1 amide bonds. The Kier molecular flexibility index (Phi) is 5.65. The average Bonchev–Trinajstić information content (AvgIpc) is 2.70. The van der Waals surface area contributed by atoms with E-state index in [0.717, 1.165) is 17.4 Å². The van der Waals surface area contributed by atoms with Gasteiger partial charge in [0.2, 0.25) is 15.9 Å². The molecule has 7 heteroatoms. The largest absolute Gasteiger partial charge is 0.394 e. The van der Waals surface area contributed by atoms with Gasteiger partial charge in [-0.1, -0.05) is 54.3 Å². The van der Waals surface area contributed by atoms with Crippen molar-refractivity contribution in [2.75, 3.05) is 26.0 Å². The van der Waals surface area contributed by atoms with Gasteiger partial charge in [-0.15, -0.1) is 0 Å². The van der Waals surface area contributed by atoms with Crippen molar-refractivity contribution in [1.82, 2.24) is 9.21 Å². The maximum absolute atomic E-state index is 12.4. The quantitative estimate of drug-likeness (QED) is 0.749. The van der Waals surface area contributed by atoms with E-state index in [-0.39, 0.29) is 43.6 Å². The second-order valence-corrected chi connectivity index (χ2v) is 9.77. The first-order valence-electron chi connectivity index (χ1n) is 9.88. The molecule has 2 aromatic rings. The summed E-state index contributed by atoms with van der Waals surface area (Å²) in [7, 11) is -3.45. The van der Waals surface area contributed by atoms with E-state index in [2.05, 4.69) is 11.8 Å². The summed E-state index contributed by atoms with van der Waals surface area (Å²) < 4.78 is 25.1. The number of amides is 1. The molecule has 6 nitrogen and oxygen atoms in total. The first-order valence-corrected chi connectivity index (χ1v) is 11.7. The lowest BCUT2D eigenvalue weighted by Gasteiger charge is -2.58. The SMILES string of the molecule is CS(=O)(=O)N1CC(=O)N2[C@H](C1)[C@@H](c1ccc(C#CCc3ccccc3)cc1)[C@@H]2CO. The van der Waals surface area contributed by atoms with E-state index in [1.54, 1.807) is 4.90 Å². The molecule has 1 N–H and O–H groups in total. The summed E-state index contributed by atoms with van der Waals surface area (Å²) in [5.74, 6) is 5.97. The fourth-order valence-corrected chi connectivity index (χ4v) is 5.12. The van der Waals surface area contributed by atoms with E-state index in [0.29, 0.717) is 6.42 Å². The summed E-state index contributed by atoms with van der Waals surface area (Å²) in [5.41, 5.74) is 3.04. The lowest BCUT2D eigenvalue weighted by atomic mass is 9.74. The maximum Gasteiger partial charge on any atom is 0.238 e. The van der Waals surface area contributed by atoms with Crippen LogP contribution in [-0.4, -0.2) is 66.7 Å². The first kappa shape index (κ1) is 20.6. The van der Waals surface area contributed by atoms with Crippen molar-refractivity contribution in [2.24, 2.45) is 0 Å². The third kappa shape index (κ3) is 3.99. The number of rotatable bonds is 4. The van der Waals surface area contributed by atoms with Gasteiger partial charge >= 0.3 is 0 Å². The molecule has 0 aliphatic carbocycles. The van der Waals surface area contributed by atoms with Crippen molar-refractivity contribution < 1.29 is 18.3 Å². The Balaban J connectivity index is 1.50. The molecule has 0 saturated carbocycles. The van der Waals surface area contributed by atoms with Gasteiger partial charge in [-0.2, -0.15) is 4.31 Å². The number of sulfonamides is 1. The van der Waals surface area contributed by atoms with Crippen molar-refractivity contribution in [2.45, 2.75) is 24.4 Å². The van der Waals surface area contributed by atoms with Crippen LogP contribution >= 0.6 is 0 Å². The number of benzene rings is 2. The summed E-state index contributed by atoms with van der Waals surface area (Å²) in [4.78, 5) is 14.1. The molecule has 30 heavy (non-hydrogen) atoms. The van der Waals surface area contributed by atoms with Crippen molar-refractivity contribution >= 4 is 15.9 Å². The van der Waals surface area contributed by atoms with Gasteiger partial charge in [-0.05, 0) is 23.3 Å². The highest BCUT2D eigenvalue weighted by molar-refractivity contribution is 7.88. The first-order chi connectivity index (χ1) is 14.4. The van der Waals surface area contributed by atoms with Crippen LogP contribution in [0.4, 0.5) is 0 Å². The molecule has 2 aromatic carbocycles. The maximum atomic E-state index is 12.4. The zero-order chi connectivity index (χ0) is 21.3. The Morgan fingerprint density at radius 1 is 1.10 bits per heavy atom. The van der Waals surface area contributed by atoms with Crippen LogP contribution in [0.1, 0.15) is 22.6 Å². The third-order valence-corrected chi connectivity index (χ3v) is 7.07. The molecule has 0 bridgehead atoms. The van der Waals surface area contributed by atoms with E-state index in [4.69, 9.17) is 0 Å². The molecule has 0 unspecified atom stereocenters. The van der Waals surface area contributed by atoms with Gasteiger partial charge in [0.05, 0.1) is 31.5 Å². The van der Waals surface area contributed by atoms with Crippen LogP contribution < -0.4 is 0 Å². The number of carbonyl (C=O) groups excluding carboxylic acids is 1. The van der Waals surface area contributed by atoms with Gasteiger partial charge in [0.15, 0.2) is 0 Å². The van der Waals surface area contributed by atoms with Crippen molar-refractivity contribution in [1.29, 1.82) is 0 Å². The molecular formula is C23H24N2O4S. The van der Waals surface area contributed by atoms with Crippen LogP contribution in [0.15, 0.2) is 54.6 Å². The lowest BCUT2D eigenvalue weighted by molar-refractivity contribution is -0.158. The van der Waals surface area contributed by atoms with Crippen molar-refractivity contribution in [3.63, 3.8) is 0 Å². The summed E-state index contributed by atoms with van der Waals surface area (Å²) in [6.45, 7) is -0.0523. The summed E-state index contributed by atoms with van der Waals surface area (Å²) in [5, 5.41) is 9.83. The van der Waals surface area contributed by atoms with E-state index >= 15 is 0 Å². The van der Waals surface area contributed by atoms with Gasteiger partial charge in [0.25, 0.3) is 0 Å². The Morgan fingerprint density at radius 2 is 1.80 bits per heavy atom. The predicted octanol–water partition coefficient (Wildman–Crippen LogP) is 1.21. The second kappa shape index (κ2) is 8.23. The monoisotopic (exact) mass is 424 g/mol. The van der Waals surface area contributed by atoms with Crippen LogP contribution in [0.2, 0.25) is 0 Å². The molecule has 4 rings (SSSR count). The molecule has 2 fully saturated rings. The van der Waals surface area contributed by atoms with Gasteiger partial charge in [0, 0.05) is 24.4 Å². The normalized spacial score (nSPS) is 23.9. The number of aliphatic hydroxyl groups is 1. The van der Waals surface area contributed by atoms with Crippen LogP contribution in [-0.2, 0) is 21.2 Å². The molecule has 2 heterocycles. The van der Waals surface area contributed by atoms with Crippen molar-refractivity contribution in [3.05, 3.63) is 71.3 Å². The number of nitrogens with zero attached hydrogens (tertiary/aromatic N) is 2. The molecule has 3 atom stereocenters. The zero-order valence-electron chi connectivity index (χ0n) is 16.7. The topological polar surface area (TPSA) is 77.9 Å². The Labute approximate surface area is 177 Å². The van der Waals surface area contributed by atoms with Gasteiger partial charge < -0.3 is 10.0 Å². The highest BCUT2D eigenvalue weighted by Gasteiger charge is 2.54. The molecule has 2 aliphatic heterocycles. The molecule has 156 valence electrons. The fraction of sp³-hybridized carbons (Fsp3) is 0.348. The Morgan fingerprint density at radius 3 is 2.43 bits per heavy atom. The number of hydrogen-bond donors (Lipinski definition) is 1. The van der Waals surface area contributed by atoms with Crippen LogP contribution in [0.5, 0.6) is 0 Å².